The molecule has 0 saturated carbocycles. The zero-order valence-electron chi connectivity index (χ0n) is 14.7. The molecule has 24 heavy (non-hydrogen) atoms. The molecule has 0 bridgehead atoms. The van der Waals surface area contributed by atoms with Crippen molar-refractivity contribution < 1.29 is 14.7 Å². The van der Waals surface area contributed by atoms with E-state index in [1.54, 1.807) is 0 Å². The number of anilines is 1. The van der Waals surface area contributed by atoms with E-state index in [-0.39, 0.29) is 18.5 Å². The molecule has 0 aromatic heterocycles. The first-order valence-electron chi connectivity index (χ1n) is 8.36. The van der Waals surface area contributed by atoms with Crippen LogP contribution >= 0.6 is 0 Å². The van der Waals surface area contributed by atoms with E-state index in [9.17, 15) is 9.59 Å². The van der Waals surface area contributed by atoms with Gasteiger partial charge in [0.15, 0.2) is 0 Å². The molecule has 1 aliphatic heterocycles. The summed E-state index contributed by atoms with van der Waals surface area (Å²) in [4.78, 5) is 27.1. The van der Waals surface area contributed by atoms with Crippen LogP contribution in [-0.4, -0.2) is 66.1 Å². The van der Waals surface area contributed by atoms with Gasteiger partial charge in [-0.05, 0) is 50.9 Å². The number of carbonyl (C=O) groups is 2. The van der Waals surface area contributed by atoms with Crippen LogP contribution in [-0.2, 0) is 9.59 Å². The van der Waals surface area contributed by atoms with Gasteiger partial charge in [0.2, 0.25) is 5.91 Å². The molecule has 0 aliphatic carbocycles. The van der Waals surface area contributed by atoms with Crippen molar-refractivity contribution >= 4 is 17.6 Å². The fourth-order valence-corrected chi connectivity index (χ4v) is 3.12. The number of amides is 1. The Hall–Kier alpha value is -1.92. The highest BCUT2D eigenvalue weighted by Crippen LogP contribution is 2.18. The van der Waals surface area contributed by atoms with Crippen molar-refractivity contribution in [2.75, 3.05) is 38.5 Å². The van der Waals surface area contributed by atoms with Gasteiger partial charge in [0.25, 0.3) is 0 Å². The number of carboxylic acid groups (broad SMARTS) is 1. The topological polar surface area (TPSA) is 72.9 Å². The van der Waals surface area contributed by atoms with E-state index in [2.05, 4.69) is 10.2 Å². The number of carboxylic acids is 1. The highest BCUT2D eigenvalue weighted by Gasteiger charge is 2.24. The van der Waals surface area contributed by atoms with Gasteiger partial charge in [-0.2, -0.15) is 0 Å². The molecule has 1 aromatic carbocycles. The molecule has 0 atom stereocenters. The molecule has 1 aliphatic rings. The molecule has 6 heteroatoms. The molecule has 2 N–H and O–H groups in total. The van der Waals surface area contributed by atoms with Gasteiger partial charge in [0, 0.05) is 24.8 Å². The van der Waals surface area contributed by atoms with Crippen LogP contribution < -0.4 is 5.32 Å². The zero-order chi connectivity index (χ0) is 17.7. The highest BCUT2D eigenvalue weighted by molar-refractivity contribution is 5.93. The maximum atomic E-state index is 12.3. The van der Waals surface area contributed by atoms with Gasteiger partial charge >= 0.3 is 5.97 Å². The van der Waals surface area contributed by atoms with Crippen LogP contribution in [0.25, 0.3) is 0 Å². The van der Waals surface area contributed by atoms with E-state index < -0.39 is 5.97 Å². The van der Waals surface area contributed by atoms with Crippen LogP contribution in [0.15, 0.2) is 18.2 Å². The molecule has 132 valence electrons. The molecular formula is C18H27N3O3. The summed E-state index contributed by atoms with van der Waals surface area (Å²) >= 11 is 0. The van der Waals surface area contributed by atoms with Gasteiger partial charge < -0.3 is 10.4 Å². The lowest BCUT2D eigenvalue weighted by atomic mass is 10.0. The third-order valence-corrected chi connectivity index (χ3v) is 4.60. The number of aliphatic carboxylic acids is 1. The van der Waals surface area contributed by atoms with Crippen LogP contribution in [0.2, 0.25) is 0 Å². The number of carbonyl (C=O) groups excluding carboxylic acids is 1. The predicted molar refractivity (Wildman–Crippen MR) is 94.3 cm³/mol. The van der Waals surface area contributed by atoms with Gasteiger partial charge in [0.1, 0.15) is 0 Å². The zero-order valence-corrected chi connectivity index (χ0v) is 14.7. The predicted octanol–water partition coefficient (Wildman–Crippen LogP) is 1.72. The van der Waals surface area contributed by atoms with Crippen molar-refractivity contribution in [1.82, 2.24) is 9.80 Å². The van der Waals surface area contributed by atoms with E-state index in [1.807, 2.05) is 44.0 Å². The number of nitrogens with zero attached hydrogens (tertiary/aromatic N) is 2. The van der Waals surface area contributed by atoms with Crippen molar-refractivity contribution in [1.29, 1.82) is 0 Å². The maximum Gasteiger partial charge on any atom is 0.317 e. The molecule has 6 nitrogen and oxygen atoms in total. The molecule has 1 heterocycles. The summed E-state index contributed by atoms with van der Waals surface area (Å²) in [6.07, 6.45) is 1.78. The second-order valence-corrected chi connectivity index (χ2v) is 6.68. The van der Waals surface area contributed by atoms with Crippen LogP contribution in [0, 0.1) is 13.8 Å². The minimum atomic E-state index is -0.798. The average molecular weight is 333 g/mol. The third kappa shape index (κ3) is 5.32. The van der Waals surface area contributed by atoms with Crippen molar-refractivity contribution in [2.45, 2.75) is 32.7 Å². The van der Waals surface area contributed by atoms with E-state index in [0.717, 1.165) is 42.7 Å². The van der Waals surface area contributed by atoms with Gasteiger partial charge in [-0.3, -0.25) is 19.4 Å². The Kier molecular flexibility index (Phi) is 6.34. The van der Waals surface area contributed by atoms with E-state index in [0.29, 0.717) is 6.54 Å². The number of benzene rings is 1. The molecule has 0 unspecified atom stereocenters. The fourth-order valence-electron chi connectivity index (χ4n) is 3.12. The highest BCUT2D eigenvalue weighted by atomic mass is 16.4. The van der Waals surface area contributed by atoms with Gasteiger partial charge in [-0.15, -0.1) is 0 Å². The van der Waals surface area contributed by atoms with Gasteiger partial charge in [-0.25, -0.2) is 0 Å². The van der Waals surface area contributed by atoms with E-state index in [1.165, 1.54) is 0 Å². The molecule has 2 rings (SSSR count). The number of piperidine rings is 1. The Balaban J connectivity index is 1.80. The second-order valence-electron chi connectivity index (χ2n) is 6.68. The molecule has 1 amide bonds. The SMILES string of the molecule is Cc1ccc(C)c(NC(=O)CN2CCC(N(C)CC(=O)O)CC2)c1. The second kappa shape index (κ2) is 8.26. The minimum absolute atomic E-state index is 0.000963. The first kappa shape index (κ1) is 18.4. The molecular weight excluding hydrogens is 306 g/mol. The lowest BCUT2D eigenvalue weighted by Gasteiger charge is -2.35. The monoisotopic (exact) mass is 333 g/mol. The number of hydrogen-bond acceptors (Lipinski definition) is 4. The molecule has 1 saturated heterocycles. The third-order valence-electron chi connectivity index (χ3n) is 4.60. The minimum Gasteiger partial charge on any atom is -0.480 e. The van der Waals surface area contributed by atoms with E-state index >= 15 is 0 Å². The Morgan fingerprint density at radius 2 is 1.96 bits per heavy atom. The van der Waals surface area contributed by atoms with Crippen molar-refractivity contribution in [3.05, 3.63) is 29.3 Å². The van der Waals surface area contributed by atoms with Crippen molar-refractivity contribution in [2.24, 2.45) is 0 Å². The Bertz CT molecular complexity index is 595. The molecule has 0 spiro atoms. The summed E-state index contributed by atoms with van der Waals surface area (Å²) in [5.41, 5.74) is 3.05. The number of likely N-dealkylation sites (tertiary alicyclic amines) is 1. The Morgan fingerprint density at radius 1 is 1.29 bits per heavy atom. The number of hydrogen-bond donors (Lipinski definition) is 2. The first-order chi connectivity index (χ1) is 11.3. The molecule has 0 radical (unpaired) electrons. The maximum absolute atomic E-state index is 12.3. The summed E-state index contributed by atoms with van der Waals surface area (Å²) in [5, 5.41) is 11.9. The summed E-state index contributed by atoms with van der Waals surface area (Å²) in [6, 6.07) is 6.30. The quantitative estimate of drug-likeness (QED) is 0.829. The Morgan fingerprint density at radius 3 is 2.58 bits per heavy atom. The van der Waals surface area contributed by atoms with Crippen LogP contribution in [0.1, 0.15) is 24.0 Å². The van der Waals surface area contributed by atoms with Gasteiger partial charge in [0.05, 0.1) is 13.1 Å². The number of aryl methyl sites for hydroxylation is 2. The molecule has 1 fully saturated rings. The fraction of sp³-hybridized carbons (Fsp3) is 0.556. The van der Waals surface area contributed by atoms with E-state index in [4.69, 9.17) is 5.11 Å². The first-order valence-corrected chi connectivity index (χ1v) is 8.36. The van der Waals surface area contributed by atoms with Crippen LogP contribution in [0.3, 0.4) is 0 Å². The number of nitrogens with one attached hydrogen (secondary N) is 1. The van der Waals surface area contributed by atoms with Crippen LogP contribution in [0.5, 0.6) is 0 Å². The smallest absolute Gasteiger partial charge is 0.317 e. The molecule has 1 aromatic rings. The average Bonchev–Trinajstić information content (AvgIpc) is 2.51. The summed E-state index contributed by atoms with van der Waals surface area (Å²) < 4.78 is 0. The largest absolute Gasteiger partial charge is 0.480 e. The standard InChI is InChI=1S/C18H27N3O3/c1-13-4-5-14(2)16(10-13)19-17(22)11-21-8-6-15(7-9-21)20(3)12-18(23)24/h4-5,10,15H,6-9,11-12H2,1-3H3,(H,19,22)(H,23,24). The summed E-state index contributed by atoms with van der Waals surface area (Å²) in [5.74, 6) is -0.797. The number of likely N-dealkylation sites (N-methyl/N-ethyl adjacent to an activating group) is 1. The van der Waals surface area contributed by atoms with Crippen molar-refractivity contribution in [3.63, 3.8) is 0 Å². The van der Waals surface area contributed by atoms with Gasteiger partial charge in [-0.1, -0.05) is 12.1 Å². The van der Waals surface area contributed by atoms with Crippen LogP contribution in [0.4, 0.5) is 5.69 Å². The summed E-state index contributed by atoms with van der Waals surface area (Å²) in [6.45, 7) is 6.07. The Labute approximate surface area is 143 Å². The lowest BCUT2D eigenvalue weighted by molar-refractivity contribution is -0.138. The van der Waals surface area contributed by atoms with Crippen molar-refractivity contribution in [3.8, 4) is 0 Å². The normalized spacial score (nSPS) is 16.3. The lowest BCUT2D eigenvalue weighted by Crippen LogP contribution is -2.46. The summed E-state index contributed by atoms with van der Waals surface area (Å²) in [7, 11) is 1.85. The number of rotatable bonds is 6.